The minimum atomic E-state index is -4.51. The van der Waals surface area contributed by atoms with Crippen molar-refractivity contribution in [1.82, 2.24) is 14.3 Å². The smallest absolute Gasteiger partial charge is 0.378 e. The summed E-state index contributed by atoms with van der Waals surface area (Å²) in [5, 5.41) is 7.12. The second-order valence-corrected chi connectivity index (χ2v) is 15.2. The van der Waals surface area contributed by atoms with Crippen LogP contribution in [0, 0.1) is 11.8 Å². The van der Waals surface area contributed by atoms with Crippen LogP contribution in [-0.4, -0.2) is 72.0 Å². The lowest BCUT2D eigenvalue weighted by Crippen LogP contribution is -2.46. The topological polar surface area (TPSA) is 61.7 Å². The van der Waals surface area contributed by atoms with Gasteiger partial charge in [0, 0.05) is 36.4 Å². The largest absolute Gasteiger partial charge is 0.447 e. The number of thiazole rings is 1. The molecule has 1 saturated heterocycles. The highest BCUT2D eigenvalue weighted by Gasteiger charge is 2.33. The molecule has 0 saturated carbocycles. The van der Waals surface area contributed by atoms with Gasteiger partial charge < -0.3 is 24.5 Å². The van der Waals surface area contributed by atoms with Crippen molar-refractivity contribution in [3.05, 3.63) is 47.6 Å². The average Bonchev–Trinajstić information content (AvgIpc) is 3.48. The van der Waals surface area contributed by atoms with Gasteiger partial charge >= 0.3 is 5.51 Å². The highest BCUT2D eigenvalue weighted by molar-refractivity contribution is 8.00. The summed E-state index contributed by atoms with van der Waals surface area (Å²) in [7, 11) is -0.631. The van der Waals surface area contributed by atoms with Crippen molar-refractivity contribution < 1.29 is 22.1 Å². The molecule has 2 N–H and O–H groups in total. The number of nitrogens with one attached hydrogen (secondary N) is 2. The maximum absolute atomic E-state index is 14.7. The summed E-state index contributed by atoms with van der Waals surface area (Å²) in [5.74, 6) is 5.83. The van der Waals surface area contributed by atoms with E-state index in [0.29, 0.717) is 35.4 Å². The Morgan fingerprint density at radius 2 is 2.05 bits per heavy atom. The van der Waals surface area contributed by atoms with Gasteiger partial charge in [0.05, 0.1) is 45.3 Å². The van der Waals surface area contributed by atoms with Gasteiger partial charge in [0.25, 0.3) is 0 Å². The molecular weight excluding hydrogens is 581 g/mol. The molecule has 2 atom stereocenters. The van der Waals surface area contributed by atoms with E-state index in [2.05, 4.69) is 27.5 Å². The summed E-state index contributed by atoms with van der Waals surface area (Å²) in [6.07, 6.45) is 1.05. The summed E-state index contributed by atoms with van der Waals surface area (Å²) in [6.45, 7) is 4.61. The van der Waals surface area contributed by atoms with Crippen molar-refractivity contribution in [3.63, 3.8) is 0 Å². The fraction of sp³-hybridized carbons (Fsp3) is 0.370. The molecule has 0 bridgehead atoms. The van der Waals surface area contributed by atoms with Gasteiger partial charge in [-0.25, -0.2) is 9.37 Å². The molecule has 4 heterocycles. The van der Waals surface area contributed by atoms with E-state index in [1.807, 2.05) is 18.0 Å². The van der Waals surface area contributed by atoms with Crippen molar-refractivity contribution in [2.24, 2.45) is 0 Å². The molecule has 0 aliphatic carbocycles. The number of hydrogen-bond donors (Lipinski definition) is 2. The molecule has 0 spiro atoms. The number of thioether (sulfide) groups is 1. The number of rotatable bonds is 6. The second kappa shape index (κ2) is 11.3. The van der Waals surface area contributed by atoms with Gasteiger partial charge in [-0.3, -0.25) is 0 Å². The van der Waals surface area contributed by atoms with E-state index in [0.717, 1.165) is 16.5 Å². The van der Waals surface area contributed by atoms with Crippen LogP contribution in [0.15, 0.2) is 47.1 Å². The Bertz CT molecular complexity index is 1650. The fourth-order valence-corrected chi connectivity index (χ4v) is 8.07. The minimum Gasteiger partial charge on any atom is -0.378 e. The number of piperidine rings is 1. The number of pyridine rings is 1. The van der Waals surface area contributed by atoms with E-state index in [4.69, 9.17) is 0 Å². The third kappa shape index (κ3) is 6.28. The van der Waals surface area contributed by atoms with Gasteiger partial charge in [0.1, 0.15) is 23.9 Å². The molecule has 13 heteroatoms. The van der Waals surface area contributed by atoms with E-state index in [1.54, 1.807) is 49.3 Å². The molecule has 0 unspecified atom stereocenters. The van der Waals surface area contributed by atoms with Crippen molar-refractivity contribution in [2.45, 2.75) is 29.2 Å². The first-order valence-corrected chi connectivity index (χ1v) is 16.8. The Morgan fingerprint density at radius 3 is 2.77 bits per heavy atom. The van der Waals surface area contributed by atoms with Crippen molar-refractivity contribution >= 4 is 62.7 Å². The molecule has 212 valence electrons. The number of halogens is 4. The van der Waals surface area contributed by atoms with Crippen LogP contribution in [0.4, 0.5) is 28.9 Å². The van der Waals surface area contributed by atoms with Crippen molar-refractivity contribution in [1.29, 1.82) is 0 Å². The molecule has 1 fully saturated rings. The molecular formula is C27H28F4N5OPS2. The molecule has 1 aromatic carbocycles. The Morgan fingerprint density at radius 1 is 1.25 bits per heavy atom. The summed E-state index contributed by atoms with van der Waals surface area (Å²) in [4.78, 5) is 6.32. The highest BCUT2D eigenvalue weighted by Crippen LogP contribution is 2.41. The van der Waals surface area contributed by atoms with Gasteiger partial charge in [-0.2, -0.15) is 13.2 Å². The first-order chi connectivity index (χ1) is 18.9. The van der Waals surface area contributed by atoms with E-state index in [-0.39, 0.29) is 28.9 Å². The number of nitrogens with zero attached hydrogens (tertiary/aromatic N) is 3. The molecule has 1 aliphatic rings. The zero-order valence-corrected chi connectivity index (χ0v) is 24.6. The normalized spacial score (nSPS) is 18.6. The monoisotopic (exact) mass is 609 g/mol. The van der Waals surface area contributed by atoms with Crippen molar-refractivity contribution in [2.75, 3.05) is 50.6 Å². The molecule has 1 aliphatic heterocycles. The zero-order chi connectivity index (χ0) is 28.7. The highest BCUT2D eigenvalue weighted by atomic mass is 32.2. The molecule has 6 nitrogen and oxygen atoms in total. The summed E-state index contributed by atoms with van der Waals surface area (Å²) in [5.41, 5.74) is -0.139. The fourth-order valence-electron chi connectivity index (χ4n) is 4.80. The summed E-state index contributed by atoms with van der Waals surface area (Å²) >= 11 is 1.19. The number of anilines is 2. The number of aromatic nitrogens is 2. The van der Waals surface area contributed by atoms with Crippen LogP contribution in [-0.2, 0) is 4.57 Å². The third-order valence-corrected chi connectivity index (χ3v) is 10.1. The average molecular weight is 610 g/mol. The molecule has 0 amide bonds. The van der Waals surface area contributed by atoms with Crippen LogP contribution < -0.4 is 15.9 Å². The summed E-state index contributed by atoms with van der Waals surface area (Å²) in [6, 6.07) is 8.18. The SMILES string of the molecule is CN1CC[C@H](Nc2cccn3c(SC(F)(F)F)c(C#CCNc4ccc(P(C)(C)=O)c5scnc45)cc23)[C@H](F)C1. The van der Waals surface area contributed by atoms with Crippen LogP contribution in [0.3, 0.4) is 0 Å². The van der Waals surface area contributed by atoms with E-state index >= 15 is 0 Å². The Kier molecular flexibility index (Phi) is 8.13. The number of likely N-dealkylation sites (tertiary alicyclic amines) is 1. The Balaban J connectivity index is 1.42. The van der Waals surface area contributed by atoms with Gasteiger partial charge in [0.2, 0.25) is 0 Å². The lowest BCUT2D eigenvalue weighted by atomic mass is 10.0. The number of fused-ring (bicyclic) bond motifs is 2. The maximum atomic E-state index is 14.7. The minimum absolute atomic E-state index is 0.0493. The predicted molar refractivity (Wildman–Crippen MR) is 158 cm³/mol. The maximum Gasteiger partial charge on any atom is 0.447 e. The van der Waals surface area contributed by atoms with E-state index in [9.17, 15) is 22.1 Å². The molecule has 3 aromatic heterocycles. The van der Waals surface area contributed by atoms with E-state index < -0.39 is 24.9 Å². The number of hydrogen-bond acceptors (Lipinski definition) is 7. The summed E-state index contributed by atoms with van der Waals surface area (Å²) < 4.78 is 70.2. The van der Waals surface area contributed by atoms with E-state index in [1.165, 1.54) is 15.7 Å². The van der Waals surface area contributed by atoms with Crippen molar-refractivity contribution in [3.8, 4) is 11.8 Å². The first kappa shape index (κ1) is 28.8. The van der Waals surface area contributed by atoms with Crippen LogP contribution in [0.2, 0.25) is 0 Å². The molecule has 0 radical (unpaired) electrons. The first-order valence-electron chi connectivity index (χ1n) is 12.5. The van der Waals surface area contributed by atoms with Crippen LogP contribution >= 0.6 is 30.2 Å². The van der Waals surface area contributed by atoms with Gasteiger partial charge in [-0.15, -0.1) is 11.3 Å². The molecule has 5 rings (SSSR count). The quantitative estimate of drug-likeness (QED) is 0.115. The Labute approximate surface area is 237 Å². The Hall–Kier alpha value is -2.71. The zero-order valence-electron chi connectivity index (χ0n) is 22.1. The lowest BCUT2D eigenvalue weighted by molar-refractivity contribution is -0.0329. The molecule has 40 heavy (non-hydrogen) atoms. The van der Waals surface area contributed by atoms with Crippen LogP contribution in [0.1, 0.15) is 12.0 Å². The van der Waals surface area contributed by atoms with Crippen LogP contribution in [0.25, 0.3) is 15.7 Å². The third-order valence-electron chi connectivity index (χ3n) is 6.70. The van der Waals surface area contributed by atoms with Crippen LogP contribution in [0.5, 0.6) is 0 Å². The second-order valence-electron chi connectivity index (χ2n) is 10.1. The number of alkyl halides is 4. The van der Waals surface area contributed by atoms with Gasteiger partial charge in [-0.1, -0.05) is 11.8 Å². The van der Waals surface area contributed by atoms with Gasteiger partial charge in [-0.05, 0) is 57.1 Å². The number of benzene rings is 1. The lowest BCUT2D eigenvalue weighted by Gasteiger charge is -2.33. The predicted octanol–water partition coefficient (Wildman–Crippen LogP) is 6.33. The van der Waals surface area contributed by atoms with Gasteiger partial charge in [0.15, 0.2) is 0 Å². The standard InChI is InChI=1S/C27H28F4N5OPS2/c1-35-13-10-19(18(28)15-35)34-20-7-5-12-36-22(20)14-17(26(36)40-27(29,30)31)6-4-11-32-21-8-9-23(38(2,3)37)25-24(21)33-16-39-25/h5,7-9,12,14,16,18-19,32,34H,10-11,13,15H2,1-3H3/t18-,19+/m1/s1. The molecule has 4 aromatic rings.